The summed E-state index contributed by atoms with van der Waals surface area (Å²) in [6, 6.07) is 0. The van der Waals surface area contributed by atoms with Gasteiger partial charge in [-0.1, -0.05) is 30.7 Å². The lowest BCUT2D eigenvalue weighted by Crippen LogP contribution is -2.17. The van der Waals surface area contributed by atoms with Crippen LogP contribution in [0.3, 0.4) is 0 Å². The Morgan fingerprint density at radius 3 is 2.73 bits per heavy atom. The zero-order chi connectivity index (χ0) is 11.5. The van der Waals surface area contributed by atoms with Gasteiger partial charge in [-0.25, -0.2) is 0 Å². The maximum absolute atomic E-state index is 11.9. The minimum atomic E-state index is -3.00. The van der Waals surface area contributed by atoms with Crippen LogP contribution in [0.15, 0.2) is 23.8 Å². The highest BCUT2D eigenvalue weighted by Crippen LogP contribution is 2.44. The summed E-state index contributed by atoms with van der Waals surface area (Å²) in [5.74, 6) is 0.204. The van der Waals surface area contributed by atoms with Crippen LogP contribution in [0, 0.1) is 5.92 Å². The number of hydrogen-bond acceptors (Lipinski definition) is 2. The maximum atomic E-state index is 11.9. The third kappa shape index (κ3) is 4.33. The smallest absolute Gasteiger partial charge is 0.214 e. The fourth-order valence-electron chi connectivity index (χ4n) is 1.87. The van der Waals surface area contributed by atoms with Crippen LogP contribution in [0.5, 0.6) is 0 Å². The van der Waals surface area contributed by atoms with E-state index in [4.69, 9.17) is 0 Å². The molecule has 1 aliphatic rings. The van der Waals surface area contributed by atoms with Crippen molar-refractivity contribution in [3.8, 4) is 0 Å². The summed E-state index contributed by atoms with van der Waals surface area (Å²) >= 11 is 0. The molecular formula is C11H20NO2P. The Labute approximate surface area is 91.9 Å². The molecule has 0 bridgehead atoms. The Hall–Kier alpha value is -0.370. The number of rotatable bonds is 5. The molecular weight excluding hydrogens is 209 g/mol. The molecule has 1 rings (SSSR count). The van der Waals surface area contributed by atoms with Gasteiger partial charge in [0.1, 0.15) is 0 Å². The van der Waals surface area contributed by atoms with Crippen LogP contribution in [0.1, 0.15) is 13.3 Å². The van der Waals surface area contributed by atoms with Gasteiger partial charge in [-0.3, -0.25) is 4.57 Å². The second-order valence-electron chi connectivity index (χ2n) is 4.52. The molecule has 0 saturated carbocycles. The quantitative estimate of drug-likeness (QED) is 0.735. The van der Waals surface area contributed by atoms with Crippen molar-refractivity contribution in [2.45, 2.75) is 13.3 Å². The minimum absolute atomic E-state index is 0.204. The van der Waals surface area contributed by atoms with Gasteiger partial charge in [-0.2, -0.15) is 0 Å². The molecule has 15 heavy (non-hydrogen) atoms. The Bertz CT molecular complexity index is 321. The Kier molecular flexibility index (Phi) is 4.32. The first-order valence-electron chi connectivity index (χ1n) is 5.22. The van der Waals surface area contributed by atoms with Crippen LogP contribution in [0.4, 0.5) is 0 Å². The zero-order valence-electron chi connectivity index (χ0n) is 9.68. The SMILES string of the molecule is CC(CP(=O)(O)CN(C)C)C1=CC=CC1. The minimum Gasteiger partial charge on any atom is -0.343 e. The van der Waals surface area contributed by atoms with Crippen LogP contribution in [0.25, 0.3) is 0 Å². The summed E-state index contributed by atoms with van der Waals surface area (Å²) in [6.45, 7) is 2.03. The predicted molar refractivity (Wildman–Crippen MR) is 64.3 cm³/mol. The molecule has 4 heteroatoms. The van der Waals surface area contributed by atoms with Crippen molar-refractivity contribution in [3.63, 3.8) is 0 Å². The molecule has 0 fully saturated rings. The van der Waals surface area contributed by atoms with E-state index in [1.165, 1.54) is 5.57 Å². The lowest BCUT2D eigenvalue weighted by atomic mass is 10.0. The molecule has 3 nitrogen and oxygen atoms in total. The van der Waals surface area contributed by atoms with Crippen LogP contribution in [0.2, 0.25) is 0 Å². The van der Waals surface area contributed by atoms with E-state index in [0.717, 1.165) is 6.42 Å². The first-order valence-corrected chi connectivity index (χ1v) is 7.25. The predicted octanol–water partition coefficient (Wildman–Crippen LogP) is 2.30. The average Bonchev–Trinajstić information content (AvgIpc) is 2.50. The molecule has 0 heterocycles. The fraction of sp³-hybridized carbons (Fsp3) is 0.636. The largest absolute Gasteiger partial charge is 0.343 e. The van der Waals surface area contributed by atoms with E-state index >= 15 is 0 Å². The van der Waals surface area contributed by atoms with Crippen molar-refractivity contribution in [1.29, 1.82) is 0 Å². The van der Waals surface area contributed by atoms with E-state index in [-0.39, 0.29) is 12.2 Å². The van der Waals surface area contributed by atoms with Gasteiger partial charge in [0.2, 0.25) is 7.37 Å². The summed E-state index contributed by atoms with van der Waals surface area (Å²) < 4.78 is 11.9. The topological polar surface area (TPSA) is 40.5 Å². The third-order valence-corrected chi connectivity index (χ3v) is 4.62. The van der Waals surface area contributed by atoms with Crippen LogP contribution < -0.4 is 0 Å². The normalized spacial score (nSPS) is 21.5. The highest BCUT2D eigenvalue weighted by molar-refractivity contribution is 7.57. The van der Waals surface area contributed by atoms with Crippen LogP contribution in [-0.2, 0) is 4.57 Å². The van der Waals surface area contributed by atoms with Gasteiger partial charge >= 0.3 is 0 Å². The Morgan fingerprint density at radius 1 is 1.60 bits per heavy atom. The first-order chi connectivity index (χ1) is 6.91. The molecule has 0 aromatic heterocycles. The number of nitrogens with zero attached hydrogens (tertiary/aromatic N) is 1. The fourth-order valence-corrected chi connectivity index (χ4v) is 3.96. The van der Waals surface area contributed by atoms with Crippen LogP contribution >= 0.6 is 7.37 Å². The lowest BCUT2D eigenvalue weighted by molar-refractivity contribution is 0.410. The molecule has 2 atom stereocenters. The molecule has 0 aliphatic heterocycles. The summed E-state index contributed by atoms with van der Waals surface area (Å²) in [4.78, 5) is 11.6. The number of allylic oxidation sites excluding steroid dienone is 4. The van der Waals surface area contributed by atoms with Crippen molar-refractivity contribution < 1.29 is 9.46 Å². The molecule has 0 spiro atoms. The number of hydrogen-bond donors (Lipinski definition) is 1. The second kappa shape index (κ2) is 5.11. The van der Waals surface area contributed by atoms with E-state index < -0.39 is 7.37 Å². The molecule has 0 radical (unpaired) electrons. The van der Waals surface area contributed by atoms with Gasteiger partial charge < -0.3 is 9.79 Å². The zero-order valence-corrected chi connectivity index (χ0v) is 10.6. The molecule has 1 aliphatic carbocycles. The molecule has 86 valence electrons. The molecule has 0 aromatic rings. The standard InChI is InChI=1S/C11H20NO2P/c1-10(11-6-4-5-7-11)8-15(13,14)9-12(2)3/h4-6,10H,7-9H2,1-3H3,(H,13,14). The third-order valence-electron chi connectivity index (χ3n) is 2.50. The molecule has 0 saturated heterocycles. The Balaban J connectivity index is 2.50. The highest BCUT2D eigenvalue weighted by Gasteiger charge is 2.24. The Morgan fingerprint density at radius 2 is 2.27 bits per heavy atom. The van der Waals surface area contributed by atoms with Gasteiger partial charge in [0.25, 0.3) is 0 Å². The summed E-state index contributed by atoms with van der Waals surface area (Å²) in [7, 11) is 0.647. The van der Waals surface area contributed by atoms with Crippen molar-refractivity contribution in [2.24, 2.45) is 5.92 Å². The maximum Gasteiger partial charge on any atom is 0.214 e. The van der Waals surface area contributed by atoms with Crippen molar-refractivity contribution >= 4 is 7.37 Å². The molecule has 0 amide bonds. The molecule has 0 aromatic carbocycles. The van der Waals surface area contributed by atoms with Gasteiger partial charge in [0.05, 0.1) is 6.29 Å². The summed E-state index contributed by atoms with van der Waals surface area (Å²) in [5, 5.41) is 0. The van der Waals surface area contributed by atoms with E-state index in [2.05, 4.69) is 12.2 Å². The summed E-state index contributed by atoms with van der Waals surface area (Å²) in [6.07, 6.45) is 7.75. The van der Waals surface area contributed by atoms with Crippen molar-refractivity contribution in [3.05, 3.63) is 23.8 Å². The van der Waals surface area contributed by atoms with Gasteiger partial charge in [-0.15, -0.1) is 0 Å². The van der Waals surface area contributed by atoms with E-state index in [1.54, 1.807) is 4.90 Å². The highest BCUT2D eigenvalue weighted by atomic mass is 31.2. The molecule has 1 N–H and O–H groups in total. The lowest BCUT2D eigenvalue weighted by Gasteiger charge is -2.20. The van der Waals surface area contributed by atoms with E-state index in [9.17, 15) is 9.46 Å². The summed E-state index contributed by atoms with van der Waals surface area (Å²) in [5.41, 5.74) is 1.27. The van der Waals surface area contributed by atoms with Crippen LogP contribution in [-0.4, -0.2) is 36.3 Å². The van der Waals surface area contributed by atoms with E-state index in [1.807, 2.05) is 27.1 Å². The average molecular weight is 229 g/mol. The second-order valence-corrected chi connectivity index (χ2v) is 6.87. The van der Waals surface area contributed by atoms with Crippen molar-refractivity contribution in [2.75, 3.05) is 26.5 Å². The van der Waals surface area contributed by atoms with E-state index in [0.29, 0.717) is 6.16 Å². The molecule has 2 unspecified atom stereocenters. The first kappa shape index (κ1) is 12.7. The monoisotopic (exact) mass is 229 g/mol. The van der Waals surface area contributed by atoms with Gasteiger partial charge in [-0.05, 0) is 26.4 Å². The van der Waals surface area contributed by atoms with Crippen molar-refractivity contribution in [1.82, 2.24) is 4.90 Å². The van der Waals surface area contributed by atoms with Gasteiger partial charge in [0.15, 0.2) is 0 Å². The van der Waals surface area contributed by atoms with Gasteiger partial charge in [0, 0.05) is 6.16 Å².